The highest BCUT2D eigenvalue weighted by atomic mass is 16.5. The number of hydrogen-bond acceptors (Lipinski definition) is 3. The number of carboxylic acids is 1. The number of carbonyl (C=O) groups excluding carboxylic acids is 1. The predicted octanol–water partition coefficient (Wildman–Crippen LogP) is 2.59. The maximum atomic E-state index is 12.2. The van der Waals surface area contributed by atoms with E-state index < -0.39 is 12.0 Å². The lowest BCUT2D eigenvalue weighted by Gasteiger charge is -2.28. The molecule has 5 heteroatoms. The Morgan fingerprint density at radius 2 is 1.95 bits per heavy atom. The highest BCUT2D eigenvalue weighted by molar-refractivity contribution is 5.85. The molecule has 1 amide bonds. The Hall–Kier alpha value is -1.10. The average Bonchev–Trinajstić information content (AvgIpc) is 2.49. The summed E-state index contributed by atoms with van der Waals surface area (Å²) in [6.07, 6.45) is 8.01. The molecular formula is C16H29NO4. The fourth-order valence-electron chi connectivity index (χ4n) is 2.99. The first-order valence-corrected chi connectivity index (χ1v) is 8.10. The van der Waals surface area contributed by atoms with Crippen LogP contribution in [-0.2, 0) is 14.3 Å². The van der Waals surface area contributed by atoms with Gasteiger partial charge in [-0.25, -0.2) is 4.79 Å². The first kappa shape index (κ1) is 18.0. The normalized spacial score (nSPS) is 23.5. The van der Waals surface area contributed by atoms with Crippen molar-refractivity contribution in [2.24, 2.45) is 11.8 Å². The Balaban J connectivity index is 2.36. The van der Waals surface area contributed by atoms with Gasteiger partial charge in [-0.05, 0) is 31.6 Å². The Morgan fingerprint density at radius 3 is 2.48 bits per heavy atom. The molecule has 0 aliphatic heterocycles. The zero-order chi connectivity index (χ0) is 15.7. The number of ether oxygens (including phenoxy) is 1. The number of carboxylic acid groups (broad SMARTS) is 1. The lowest BCUT2D eigenvalue weighted by Crippen LogP contribution is -2.44. The van der Waals surface area contributed by atoms with Gasteiger partial charge in [-0.2, -0.15) is 0 Å². The molecule has 2 N–H and O–H groups in total. The Bertz CT molecular complexity index is 324. The van der Waals surface area contributed by atoms with E-state index in [-0.39, 0.29) is 11.8 Å². The van der Waals surface area contributed by atoms with Crippen LogP contribution in [0, 0.1) is 11.8 Å². The molecule has 5 nitrogen and oxygen atoms in total. The van der Waals surface area contributed by atoms with Gasteiger partial charge in [0.2, 0.25) is 5.91 Å². The third-order valence-corrected chi connectivity index (χ3v) is 4.41. The molecule has 0 saturated heterocycles. The molecule has 0 spiro atoms. The summed E-state index contributed by atoms with van der Waals surface area (Å²) in [7, 11) is 1.53. The van der Waals surface area contributed by atoms with Gasteiger partial charge in [0.25, 0.3) is 0 Å². The maximum Gasteiger partial charge on any atom is 0.326 e. The number of methoxy groups -OCH3 is 1. The molecule has 0 radical (unpaired) electrons. The summed E-state index contributed by atoms with van der Waals surface area (Å²) >= 11 is 0. The minimum absolute atomic E-state index is 0.0210. The molecule has 1 unspecified atom stereocenters. The van der Waals surface area contributed by atoms with Crippen LogP contribution in [-0.4, -0.2) is 36.7 Å². The fraction of sp³-hybridized carbons (Fsp3) is 0.875. The second-order valence-electron chi connectivity index (χ2n) is 6.04. The van der Waals surface area contributed by atoms with Gasteiger partial charge in [0.05, 0.1) is 0 Å². The lowest BCUT2D eigenvalue weighted by atomic mass is 9.79. The van der Waals surface area contributed by atoms with Crippen LogP contribution in [0.25, 0.3) is 0 Å². The van der Waals surface area contributed by atoms with Crippen molar-refractivity contribution >= 4 is 11.9 Å². The van der Waals surface area contributed by atoms with Crippen LogP contribution >= 0.6 is 0 Å². The number of hydrogen-bond donors (Lipinski definition) is 2. The van der Waals surface area contributed by atoms with E-state index in [9.17, 15) is 9.59 Å². The molecule has 0 aromatic heterocycles. The summed E-state index contributed by atoms with van der Waals surface area (Å²) in [5, 5.41) is 11.8. The van der Waals surface area contributed by atoms with Crippen molar-refractivity contribution in [2.75, 3.05) is 13.7 Å². The van der Waals surface area contributed by atoms with Crippen LogP contribution in [0.4, 0.5) is 0 Å². The molecule has 1 saturated carbocycles. The zero-order valence-corrected chi connectivity index (χ0v) is 13.3. The van der Waals surface area contributed by atoms with E-state index >= 15 is 0 Å². The van der Waals surface area contributed by atoms with Gasteiger partial charge in [-0.15, -0.1) is 0 Å². The second-order valence-corrected chi connectivity index (χ2v) is 6.04. The minimum Gasteiger partial charge on any atom is -0.480 e. The summed E-state index contributed by atoms with van der Waals surface area (Å²) in [6.45, 7) is 2.53. The van der Waals surface area contributed by atoms with Gasteiger partial charge in [0.1, 0.15) is 6.04 Å². The van der Waals surface area contributed by atoms with E-state index in [2.05, 4.69) is 12.2 Å². The molecule has 1 aliphatic carbocycles. The van der Waals surface area contributed by atoms with Crippen molar-refractivity contribution in [2.45, 2.75) is 64.3 Å². The van der Waals surface area contributed by atoms with Gasteiger partial charge in [-0.3, -0.25) is 4.79 Å². The number of amides is 1. The van der Waals surface area contributed by atoms with Gasteiger partial charge in [0.15, 0.2) is 0 Å². The molecule has 1 atom stereocenters. The standard InChI is InChI=1S/C16H29NO4/c1-3-4-5-12-6-8-13(9-7-12)15(18)17-14(16(19)20)10-11-21-2/h12-14H,3-11H2,1-2H3,(H,17,18)(H,19,20). The Kier molecular flexibility index (Phi) is 8.35. The smallest absolute Gasteiger partial charge is 0.326 e. The summed E-state index contributed by atoms with van der Waals surface area (Å²) in [5.74, 6) is -0.366. The number of carbonyl (C=O) groups is 2. The maximum absolute atomic E-state index is 12.2. The first-order valence-electron chi connectivity index (χ1n) is 8.10. The average molecular weight is 299 g/mol. The third-order valence-electron chi connectivity index (χ3n) is 4.41. The van der Waals surface area contributed by atoms with Gasteiger partial charge in [0, 0.05) is 26.1 Å². The third kappa shape index (κ3) is 6.46. The number of unbranched alkanes of at least 4 members (excludes halogenated alkanes) is 1. The highest BCUT2D eigenvalue weighted by Gasteiger charge is 2.28. The summed E-state index contributed by atoms with van der Waals surface area (Å²) in [4.78, 5) is 23.3. The molecular weight excluding hydrogens is 270 g/mol. The van der Waals surface area contributed by atoms with Crippen LogP contribution in [0.5, 0.6) is 0 Å². The van der Waals surface area contributed by atoms with Crippen molar-refractivity contribution in [1.29, 1.82) is 0 Å². The van der Waals surface area contributed by atoms with Gasteiger partial charge < -0.3 is 15.2 Å². The van der Waals surface area contributed by atoms with Crippen molar-refractivity contribution < 1.29 is 19.4 Å². The van der Waals surface area contributed by atoms with E-state index in [4.69, 9.17) is 9.84 Å². The van der Waals surface area contributed by atoms with Crippen LogP contribution in [0.2, 0.25) is 0 Å². The van der Waals surface area contributed by atoms with Crippen LogP contribution in [0.15, 0.2) is 0 Å². The SMILES string of the molecule is CCCCC1CCC(C(=O)NC(CCOC)C(=O)O)CC1. The summed E-state index contributed by atoms with van der Waals surface area (Å²) in [5.41, 5.74) is 0. The lowest BCUT2D eigenvalue weighted by molar-refractivity contribution is -0.143. The molecule has 0 aromatic carbocycles. The van der Waals surface area contributed by atoms with E-state index in [1.165, 1.54) is 26.4 Å². The van der Waals surface area contributed by atoms with Crippen molar-refractivity contribution in [3.63, 3.8) is 0 Å². The monoisotopic (exact) mass is 299 g/mol. The largest absolute Gasteiger partial charge is 0.480 e. The van der Waals surface area contributed by atoms with Gasteiger partial charge >= 0.3 is 5.97 Å². The molecule has 0 heterocycles. The number of rotatable bonds is 9. The fourth-order valence-corrected chi connectivity index (χ4v) is 2.99. The van der Waals surface area contributed by atoms with Crippen LogP contribution in [0.3, 0.4) is 0 Å². The molecule has 0 aromatic rings. The quantitative estimate of drug-likeness (QED) is 0.686. The number of aliphatic carboxylic acids is 1. The summed E-state index contributed by atoms with van der Waals surface area (Å²) < 4.78 is 4.89. The first-order chi connectivity index (χ1) is 10.1. The van der Waals surface area contributed by atoms with E-state index in [1.807, 2.05) is 0 Å². The predicted molar refractivity (Wildman–Crippen MR) is 81.0 cm³/mol. The van der Waals surface area contributed by atoms with Crippen LogP contribution in [0.1, 0.15) is 58.3 Å². The molecule has 0 bridgehead atoms. The molecule has 122 valence electrons. The van der Waals surface area contributed by atoms with Gasteiger partial charge in [-0.1, -0.05) is 26.2 Å². The molecule has 1 aliphatic rings. The van der Waals surface area contributed by atoms with Crippen LogP contribution < -0.4 is 5.32 Å². The molecule has 1 fully saturated rings. The Morgan fingerprint density at radius 1 is 1.29 bits per heavy atom. The minimum atomic E-state index is -0.989. The van der Waals surface area contributed by atoms with Crippen molar-refractivity contribution in [3.8, 4) is 0 Å². The molecule has 21 heavy (non-hydrogen) atoms. The van der Waals surface area contributed by atoms with Crippen molar-refractivity contribution in [3.05, 3.63) is 0 Å². The Labute approximate surface area is 127 Å². The molecule has 1 rings (SSSR count). The summed E-state index contributed by atoms with van der Waals surface area (Å²) in [6, 6.07) is -0.838. The topological polar surface area (TPSA) is 75.6 Å². The van der Waals surface area contributed by atoms with E-state index in [1.54, 1.807) is 0 Å². The zero-order valence-electron chi connectivity index (χ0n) is 13.3. The van der Waals surface area contributed by atoms with Crippen molar-refractivity contribution in [1.82, 2.24) is 5.32 Å². The van der Waals surface area contributed by atoms with E-state index in [0.29, 0.717) is 13.0 Å². The highest BCUT2D eigenvalue weighted by Crippen LogP contribution is 2.32. The second kappa shape index (κ2) is 9.77. The number of nitrogens with one attached hydrogen (secondary N) is 1. The van der Waals surface area contributed by atoms with E-state index in [0.717, 1.165) is 31.6 Å².